The van der Waals surface area contributed by atoms with Crippen LogP contribution in [-0.4, -0.2) is 31.6 Å². The number of rotatable bonds is 8. The average Bonchev–Trinajstić information content (AvgIpc) is 2.44. The summed E-state index contributed by atoms with van der Waals surface area (Å²) in [5, 5.41) is 3.58. The standard InChI is InChI=1S/C19H34N2/c1-8-19(9-2,21(6)7)18(20-5)17-12-10-11-16(14-17)13-15(3)4/h10-12,14-15,18,20H,8-9,13H2,1-7H3. The molecule has 120 valence electrons. The molecule has 1 atom stereocenters. The highest BCUT2D eigenvalue weighted by molar-refractivity contribution is 5.29. The Morgan fingerprint density at radius 3 is 2.19 bits per heavy atom. The molecule has 0 saturated heterocycles. The van der Waals surface area contributed by atoms with E-state index in [-0.39, 0.29) is 5.54 Å². The Labute approximate surface area is 131 Å². The van der Waals surface area contributed by atoms with Crippen molar-refractivity contribution in [1.29, 1.82) is 0 Å². The van der Waals surface area contributed by atoms with Gasteiger partial charge in [-0.15, -0.1) is 0 Å². The van der Waals surface area contributed by atoms with Crippen molar-refractivity contribution in [2.75, 3.05) is 21.1 Å². The zero-order valence-electron chi connectivity index (χ0n) is 15.0. The summed E-state index contributed by atoms with van der Waals surface area (Å²) in [6.45, 7) is 9.16. The van der Waals surface area contributed by atoms with E-state index in [1.807, 2.05) is 0 Å². The maximum atomic E-state index is 3.58. The van der Waals surface area contributed by atoms with Crippen molar-refractivity contribution in [2.45, 2.75) is 58.5 Å². The monoisotopic (exact) mass is 290 g/mol. The molecule has 0 amide bonds. The molecule has 0 aliphatic rings. The van der Waals surface area contributed by atoms with Crippen LogP contribution in [0.2, 0.25) is 0 Å². The number of hydrogen-bond donors (Lipinski definition) is 1. The van der Waals surface area contributed by atoms with Gasteiger partial charge in [0.15, 0.2) is 0 Å². The van der Waals surface area contributed by atoms with Gasteiger partial charge in [-0.05, 0) is 57.5 Å². The van der Waals surface area contributed by atoms with Gasteiger partial charge in [0.1, 0.15) is 0 Å². The van der Waals surface area contributed by atoms with Gasteiger partial charge in [-0.25, -0.2) is 0 Å². The third-order valence-corrected chi connectivity index (χ3v) is 4.87. The Kier molecular flexibility index (Phi) is 6.89. The van der Waals surface area contributed by atoms with Crippen molar-refractivity contribution in [2.24, 2.45) is 5.92 Å². The maximum absolute atomic E-state index is 3.58. The van der Waals surface area contributed by atoms with Crippen molar-refractivity contribution in [1.82, 2.24) is 10.2 Å². The van der Waals surface area contributed by atoms with Gasteiger partial charge in [-0.3, -0.25) is 0 Å². The fraction of sp³-hybridized carbons (Fsp3) is 0.684. The molecular formula is C19H34N2. The van der Waals surface area contributed by atoms with E-state index in [0.29, 0.717) is 12.0 Å². The largest absolute Gasteiger partial charge is 0.311 e. The van der Waals surface area contributed by atoms with Gasteiger partial charge in [0, 0.05) is 5.54 Å². The molecule has 1 unspecified atom stereocenters. The van der Waals surface area contributed by atoms with Crippen LogP contribution in [0.25, 0.3) is 0 Å². The minimum atomic E-state index is 0.158. The van der Waals surface area contributed by atoms with Gasteiger partial charge >= 0.3 is 0 Å². The van der Waals surface area contributed by atoms with E-state index in [1.165, 1.54) is 11.1 Å². The second-order valence-electron chi connectivity index (χ2n) is 6.77. The summed E-state index contributed by atoms with van der Waals surface area (Å²) in [5.41, 5.74) is 3.02. The fourth-order valence-corrected chi connectivity index (χ4v) is 3.67. The van der Waals surface area contributed by atoms with Crippen molar-refractivity contribution in [3.63, 3.8) is 0 Å². The Bertz CT molecular complexity index is 419. The predicted octanol–water partition coefficient (Wildman–Crippen LogP) is 4.27. The van der Waals surface area contributed by atoms with Crippen LogP contribution in [0, 0.1) is 5.92 Å². The number of hydrogen-bond acceptors (Lipinski definition) is 2. The smallest absolute Gasteiger partial charge is 0.0504 e. The molecule has 2 heteroatoms. The van der Waals surface area contributed by atoms with E-state index in [4.69, 9.17) is 0 Å². The number of nitrogens with one attached hydrogen (secondary N) is 1. The molecular weight excluding hydrogens is 256 g/mol. The first kappa shape index (κ1) is 18.2. The summed E-state index contributed by atoms with van der Waals surface area (Å²) in [6.07, 6.45) is 3.42. The number of benzene rings is 1. The van der Waals surface area contributed by atoms with Gasteiger partial charge in [-0.1, -0.05) is 52.0 Å². The molecule has 1 aromatic rings. The predicted molar refractivity (Wildman–Crippen MR) is 93.8 cm³/mol. The summed E-state index contributed by atoms with van der Waals surface area (Å²) < 4.78 is 0. The van der Waals surface area contributed by atoms with Crippen LogP contribution in [0.4, 0.5) is 0 Å². The summed E-state index contributed by atoms with van der Waals surface area (Å²) >= 11 is 0. The normalized spacial score (nSPS) is 14.0. The fourth-order valence-electron chi connectivity index (χ4n) is 3.67. The first-order valence-corrected chi connectivity index (χ1v) is 8.34. The molecule has 21 heavy (non-hydrogen) atoms. The van der Waals surface area contributed by atoms with E-state index < -0.39 is 0 Å². The Hall–Kier alpha value is -0.860. The van der Waals surface area contributed by atoms with E-state index in [0.717, 1.165) is 19.3 Å². The lowest BCUT2D eigenvalue weighted by Crippen LogP contribution is -2.52. The summed E-state index contributed by atoms with van der Waals surface area (Å²) in [6, 6.07) is 9.49. The van der Waals surface area contributed by atoms with Crippen LogP contribution < -0.4 is 5.32 Å². The molecule has 0 bridgehead atoms. The highest BCUT2D eigenvalue weighted by atomic mass is 15.2. The first-order chi connectivity index (χ1) is 9.91. The first-order valence-electron chi connectivity index (χ1n) is 8.34. The van der Waals surface area contributed by atoms with Crippen LogP contribution >= 0.6 is 0 Å². The van der Waals surface area contributed by atoms with Crippen molar-refractivity contribution in [3.05, 3.63) is 35.4 Å². The SMILES string of the molecule is CCC(CC)(C(NC)c1cccc(CC(C)C)c1)N(C)C. The van der Waals surface area contributed by atoms with Gasteiger partial charge < -0.3 is 10.2 Å². The van der Waals surface area contributed by atoms with Crippen molar-refractivity contribution >= 4 is 0 Å². The lowest BCUT2D eigenvalue weighted by molar-refractivity contribution is 0.0917. The van der Waals surface area contributed by atoms with E-state index in [1.54, 1.807) is 0 Å². The summed E-state index contributed by atoms with van der Waals surface area (Å²) in [5.74, 6) is 0.698. The third kappa shape index (κ3) is 4.08. The molecule has 0 fully saturated rings. The summed E-state index contributed by atoms with van der Waals surface area (Å²) in [4.78, 5) is 2.39. The van der Waals surface area contributed by atoms with Crippen LogP contribution in [0.5, 0.6) is 0 Å². The van der Waals surface area contributed by atoms with E-state index in [9.17, 15) is 0 Å². The van der Waals surface area contributed by atoms with Crippen molar-refractivity contribution < 1.29 is 0 Å². The van der Waals surface area contributed by atoms with Gasteiger partial charge in [0.2, 0.25) is 0 Å². The molecule has 0 radical (unpaired) electrons. The summed E-state index contributed by atoms with van der Waals surface area (Å²) in [7, 11) is 6.49. The molecule has 0 aromatic heterocycles. The molecule has 0 spiro atoms. The van der Waals surface area contributed by atoms with Gasteiger partial charge in [-0.2, -0.15) is 0 Å². The highest BCUT2D eigenvalue weighted by Gasteiger charge is 2.37. The lowest BCUT2D eigenvalue weighted by atomic mass is 9.79. The van der Waals surface area contributed by atoms with Crippen LogP contribution in [0.15, 0.2) is 24.3 Å². The lowest BCUT2D eigenvalue weighted by Gasteiger charge is -2.45. The van der Waals surface area contributed by atoms with Gasteiger partial charge in [0.05, 0.1) is 6.04 Å². The van der Waals surface area contributed by atoms with E-state index >= 15 is 0 Å². The molecule has 0 heterocycles. The van der Waals surface area contributed by atoms with Crippen LogP contribution in [-0.2, 0) is 6.42 Å². The average molecular weight is 290 g/mol. The van der Waals surface area contributed by atoms with E-state index in [2.05, 4.69) is 83.3 Å². The third-order valence-electron chi connectivity index (χ3n) is 4.87. The number of nitrogens with zero attached hydrogens (tertiary/aromatic N) is 1. The zero-order chi connectivity index (χ0) is 16.0. The topological polar surface area (TPSA) is 15.3 Å². The minimum absolute atomic E-state index is 0.158. The second kappa shape index (κ2) is 7.95. The quantitative estimate of drug-likeness (QED) is 0.769. The van der Waals surface area contributed by atoms with Crippen molar-refractivity contribution in [3.8, 4) is 0 Å². The van der Waals surface area contributed by atoms with Gasteiger partial charge in [0.25, 0.3) is 0 Å². The molecule has 0 aliphatic carbocycles. The molecule has 1 rings (SSSR count). The second-order valence-corrected chi connectivity index (χ2v) is 6.77. The molecule has 1 N–H and O–H groups in total. The zero-order valence-corrected chi connectivity index (χ0v) is 15.0. The van der Waals surface area contributed by atoms with Crippen LogP contribution in [0.1, 0.15) is 57.7 Å². The Morgan fingerprint density at radius 2 is 1.76 bits per heavy atom. The number of likely N-dealkylation sites (N-methyl/N-ethyl adjacent to an activating group) is 2. The highest BCUT2D eigenvalue weighted by Crippen LogP contribution is 2.36. The maximum Gasteiger partial charge on any atom is 0.0504 e. The molecule has 2 nitrogen and oxygen atoms in total. The molecule has 0 aliphatic heterocycles. The Morgan fingerprint density at radius 1 is 1.14 bits per heavy atom. The van der Waals surface area contributed by atoms with Crippen LogP contribution in [0.3, 0.4) is 0 Å². The minimum Gasteiger partial charge on any atom is -0.311 e. The molecule has 1 aromatic carbocycles. The Balaban J connectivity index is 3.19. The molecule has 0 saturated carbocycles.